The van der Waals surface area contributed by atoms with E-state index >= 15 is 0 Å². The molecular weight excluding hydrogens is 1310 g/mol. The van der Waals surface area contributed by atoms with Crippen LogP contribution >= 0.6 is 46.4 Å². The molecule has 14 aromatic rings. The van der Waals surface area contributed by atoms with Crippen LogP contribution in [0.25, 0.3) is 86.2 Å². The van der Waals surface area contributed by atoms with Crippen LogP contribution in [0.15, 0.2) is 182 Å². The van der Waals surface area contributed by atoms with Gasteiger partial charge >= 0.3 is 0 Å². The summed E-state index contributed by atoms with van der Waals surface area (Å²) in [5, 5.41) is 12.5. The van der Waals surface area contributed by atoms with Crippen LogP contribution in [-0.2, 0) is 11.2 Å². The highest BCUT2D eigenvalue weighted by Crippen LogP contribution is 2.50. The fourth-order valence-electron chi connectivity index (χ4n) is 15.4. The van der Waals surface area contributed by atoms with Crippen LogP contribution in [0.2, 0.25) is 20.1 Å². The average Bonchev–Trinajstić information content (AvgIpc) is 0.695. The van der Waals surface area contributed by atoms with Gasteiger partial charge < -0.3 is 9.47 Å². The van der Waals surface area contributed by atoms with Gasteiger partial charge in [-0.15, -0.1) is 0 Å². The summed E-state index contributed by atoms with van der Waals surface area (Å²) in [6, 6.07) is 51.0. The van der Waals surface area contributed by atoms with Crippen molar-refractivity contribution in [2.24, 2.45) is 0 Å². The first-order chi connectivity index (χ1) is 46.9. The number of ether oxygens (including phenoxy) is 2. The number of fused-ring (bicyclic) bond motifs is 4. The highest BCUT2D eigenvalue weighted by Gasteiger charge is 2.42. The minimum atomic E-state index is -0.789. The van der Waals surface area contributed by atoms with E-state index in [0.29, 0.717) is 126 Å². The molecule has 0 spiro atoms. The predicted octanol–water partition coefficient (Wildman–Crippen LogP) is 18.1. The van der Waals surface area contributed by atoms with Crippen LogP contribution in [0, 0.1) is 0 Å². The monoisotopic (exact) mass is 1350 g/mol. The summed E-state index contributed by atoms with van der Waals surface area (Å²) >= 11 is 25.7. The highest BCUT2D eigenvalue weighted by atomic mass is 35.5. The Morgan fingerprint density at radius 1 is 0.330 bits per heavy atom. The molecule has 97 heavy (non-hydrogen) atoms. The second-order valence-electron chi connectivity index (χ2n) is 25.1. The van der Waals surface area contributed by atoms with Crippen LogP contribution in [0.5, 0.6) is 11.5 Å². The number of amides is 8. The van der Waals surface area contributed by atoms with E-state index in [1.54, 1.807) is 111 Å². The lowest BCUT2D eigenvalue weighted by molar-refractivity contribution is 0.0236. The lowest BCUT2D eigenvalue weighted by Gasteiger charge is -2.34. The Morgan fingerprint density at radius 3 is 0.969 bits per heavy atom. The van der Waals surface area contributed by atoms with Gasteiger partial charge in [-0.1, -0.05) is 113 Å². The number of carbonyl (C=O) groups excluding carboxylic acids is 8. The third-order valence-electron chi connectivity index (χ3n) is 19.8. The molecule has 4 aliphatic rings. The van der Waals surface area contributed by atoms with E-state index in [0.717, 1.165) is 64.0 Å². The molecule has 0 radical (unpaired) electrons. The summed E-state index contributed by atoms with van der Waals surface area (Å²) < 4.78 is 12.2. The van der Waals surface area contributed by atoms with E-state index in [9.17, 15) is 38.4 Å². The molecule has 0 fully saturated rings. The van der Waals surface area contributed by atoms with Crippen molar-refractivity contribution >= 4 is 191 Å². The summed E-state index contributed by atoms with van der Waals surface area (Å²) in [5.41, 5.74) is 5.00. The van der Waals surface area contributed by atoms with Crippen molar-refractivity contribution in [3.05, 3.63) is 258 Å². The Balaban J connectivity index is 0.591. The Morgan fingerprint density at radius 2 is 0.639 bits per heavy atom. The zero-order chi connectivity index (χ0) is 66.5. The van der Waals surface area contributed by atoms with Gasteiger partial charge in [0.15, 0.2) is 0 Å². The second kappa shape index (κ2) is 21.3. The van der Waals surface area contributed by atoms with Crippen molar-refractivity contribution in [1.82, 2.24) is 9.80 Å². The molecule has 2 atom stereocenters. The molecule has 0 N–H and O–H groups in total. The Labute approximate surface area is 569 Å². The van der Waals surface area contributed by atoms with Gasteiger partial charge in [-0.2, -0.15) is 0 Å². The number of benzene rings is 14. The molecule has 0 bridgehead atoms. The predicted molar refractivity (Wildman–Crippen MR) is 377 cm³/mol. The van der Waals surface area contributed by atoms with E-state index < -0.39 is 59.3 Å². The SMILES string of the molecule is CC(COCC(C)N1C(=O)c2ccc3c4ccc5c6c(ccc(c7ccc(c2c37)C1=O)c64)C(=O)N(c1ccc(Oc2ccc(Cl)cc2)c(Cl)c1)C5=O)N1C(=O)c2ccc3c4ccc5c6c(ccc(c7ccc(c2c37)C1=O)c64)C(=O)N(c1ccc(Cc2ccc(Cl)cc2)c(Cl)c1)C5=O. The lowest BCUT2D eigenvalue weighted by Crippen LogP contribution is -2.49. The summed E-state index contributed by atoms with van der Waals surface area (Å²) in [6.45, 7) is 3.19. The smallest absolute Gasteiger partial charge is 0.265 e. The Hall–Kier alpha value is -10.8. The second-order valence-corrected chi connectivity index (χ2v) is 26.8. The maximum atomic E-state index is 14.8. The van der Waals surface area contributed by atoms with Gasteiger partial charge in [-0.3, -0.25) is 48.2 Å². The van der Waals surface area contributed by atoms with Gasteiger partial charge in [0, 0.05) is 81.1 Å². The van der Waals surface area contributed by atoms with Gasteiger partial charge in [0.05, 0.1) is 41.7 Å². The molecule has 0 saturated carbocycles. The lowest BCUT2D eigenvalue weighted by atomic mass is 9.82. The maximum Gasteiger partial charge on any atom is 0.265 e. The van der Waals surface area contributed by atoms with Gasteiger partial charge in [-0.05, 0) is 211 Å². The van der Waals surface area contributed by atoms with Gasteiger partial charge in [0.2, 0.25) is 0 Å². The molecule has 14 aromatic carbocycles. The zero-order valence-corrected chi connectivity index (χ0v) is 54.0. The average molecular weight is 1350 g/mol. The Kier molecular flexibility index (Phi) is 12.9. The third-order valence-corrected chi connectivity index (χ3v) is 20.9. The molecule has 4 heterocycles. The standard InChI is InChI=1S/C79H44Cl4N4O10/c1-36(84-72(88)53-22-14-45-49-18-26-57-70-58(27-19-50(66(49)70)46-15-23-54(73(84)89)68(53)64(45)46)77(93)86(76(57)92)42-10-5-39(61(82)32-42)31-38-3-6-40(80)7-4-38)34-96-35-37(2)85-74(90)55-24-16-47-51-20-28-59-71-60(29-21-52(67(51)71)48-17-25-56(75(85)91)69(55)65(47)48)79(95)87(78(59)94)43-11-30-63(62(83)33-43)97-44-12-8-41(81)9-13-44/h3-30,32-33,36-37H,31,34-35H2,1-2H3. The van der Waals surface area contributed by atoms with E-state index in [4.69, 9.17) is 55.9 Å². The molecule has 8 amide bonds. The van der Waals surface area contributed by atoms with Crippen molar-refractivity contribution in [3.8, 4) is 11.5 Å². The normalized spacial score (nSPS) is 15.3. The van der Waals surface area contributed by atoms with Crippen LogP contribution in [0.3, 0.4) is 0 Å². The molecule has 4 aliphatic heterocycles. The summed E-state index contributed by atoms with van der Waals surface area (Å²) in [7, 11) is 0. The first-order valence-corrected chi connectivity index (χ1v) is 32.7. The Bertz CT molecular complexity index is 5450. The number of anilines is 2. The molecular formula is C79H44Cl4N4O10. The molecule has 0 saturated heterocycles. The number of halogens is 4. The van der Waals surface area contributed by atoms with Crippen LogP contribution in [-0.4, -0.2) is 82.4 Å². The van der Waals surface area contributed by atoms with Crippen molar-refractivity contribution in [1.29, 1.82) is 0 Å². The number of hydrogen-bond donors (Lipinski definition) is 0. The van der Waals surface area contributed by atoms with Crippen LogP contribution < -0.4 is 14.5 Å². The summed E-state index contributed by atoms with van der Waals surface area (Å²) in [4.78, 5) is 122. The molecule has 0 aromatic heterocycles. The van der Waals surface area contributed by atoms with Crippen molar-refractivity contribution in [3.63, 3.8) is 0 Å². The minimum absolute atomic E-state index is 0.116. The maximum absolute atomic E-state index is 14.8. The van der Waals surface area contributed by atoms with Crippen LogP contribution in [0.1, 0.15) is 108 Å². The van der Waals surface area contributed by atoms with Crippen LogP contribution in [0.4, 0.5) is 11.4 Å². The quantitative estimate of drug-likeness (QED) is 0.0652. The molecule has 468 valence electrons. The number of nitrogens with zero attached hydrogens (tertiary/aromatic N) is 4. The third kappa shape index (κ3) is 8.38. The topological polar surface area (TPSA) is 168 Å². The van der Waals surface area contributed by atoms with Gasteiger partial charge in [0.1, 0.15) is 11.5 Å². The van der Waals surface area contributed by atoms with Crippen molar-refractivity contribution in [2.75, 3.05) is 23.0 Å². The van der Waals surface area contributed by atoms with E-state index in [1.165, 1.54) is 15.9 Å². The molecule has 14 nitrogen and oxygen atoms in total. The molecule has 2 unspecified atom stereocenters. The molecule has 18 rings (SSSR count). The summed E-state index contributed by atoms with van der Waals surface area (Å²) in [5.74, 6) is -3.32. The van der Waals surface area contributed by atoms with Crippen molar-refractivity contribution < 1.29 is 47.8 Å². The first-order valence-electron chi connectivity index (χ1n) is 31.2. The fourth-order valence-corrected chi connectivity index (χ4v) is 16.1. The van der Waals surface area contributed by atoms with E-state index in [1.807, 2.05) is 78.9 Å². The molecule has 18 heteroatoms. The summed E-state index contributed by atoms with van der Waals surface area (Å²) in [6.07, 6.45) is 0.522. The van der Waals surface area contributed by atoms with Gasteiger partial charge in [-0.25, -0.2) is 9.80 Å². The van der Waals surface area contributed by atoms with E-state index in [2.05, 4.69) is 0 Å². The van der Waals surface area contributed by atoms with E-state index in [-0.39, 0.29) is 23.9 Å². The zero-order valence-electron chi connectivity index (χ0n) is 51.0. The first kappa shape index (κ1) is 58.7. The largest absolute Gasteiger partial charge is 0.456 e. The number of carbonyl (C=O) groups is 8. The number of hydrogen-bond acceptors (Lipinski definition) is 10. The molecule has 0 aliphatic carbocycles. The number of imide groups is 4. The van der Waals surface area contributed by atoms with Crippen molar-refractivity contribution in [2.45, 2.75) is 32.4 Å². The van der Waals surface area contributed by atoms with Gasteiger partial charge in [0.25, 0.3) is 47.3 Å². The highest BCUT2D eigenvalue weighted by molar-refractivity contribution is 6.46. The minimum Gasteiger partial charge on any atom is -0.456 e. The fraction of sp³-hybridized carbons (Fsp3) is 0.0886. The number of rotatable bonds is 12.